The molecule has 0 bridgehead atoms. The molecule has 0 aromatic carbocycles. The molecule has 1 aromatic rings. The molecule has 1 aromatic heterocycles. The second-order valence-electron chi connectivity index (χ2n) is 4.81. The highest BCUT2D eigenvalue weighted by molar-refractivity contribution is 7.88. The zero-order valence-corrected chi connectivity index (χ0v) is 11.5. The summed E-state index contributed by atoms with van der Waals surface area (Å²) in [6.07, 6.45) is 6.11. The number of sulfonamides is 1. The molecule has 0 aliphatic carbocycles. The highest BCUT2D eigenvalue weighted by Crippen LogP contribution is 2.27. The Bertz CT molecular complexity index is 550. The molecule has 0 radical (unpaired) electrons. The van der Waals surface area contributed by atoms with Gasteiger partial charge in [0.2, 0.25) is 10.0 Å². The normalized spacial score (nSPS) is 28.4. The predicted octanol–water partition coefficient (Wildman–Crippen LogP) is -0.674. The minimum Gasteiger partial charge on any atom is -0.373 e. The Morgan fingerprint density at radius 3 is 2.89 bits per heavy atom. The van der Waals surface area contributed by atoms with Crippen molar-refractivity contribution in [2.45, 2.75) is 12.1 Å². The molecule has 0 spiro atoms. The molecule has 0 unspecified atom stereocenters. The van der Waals surface area contributed by atoms with Crippen LogP contribution < -0.4 is 4.90 Å². The van der Waals surface area contributed by atoms with Gasteiger partial charge in [-0.15, -0.1) is 0 Å². The van der Waals surface area contributed by atoms with Crippen molar-refractivity contribution < 1.29 is 13.2 Å². The average molecular weight is 284 g/mol. The number of fused-ring (bicyclic) bond motifs is 1. The first-order chi connectivity index (χ1) is 9.05. The second kappa shape index (κ2) is 4.69. The minimum atomic E-state index is -3.18. The number of hydrogen-bond donors (Lipinski definition) is 0. The maximum atomic E-state index is 11.6. The van der Waals surface area contributed by atoms with Crippen molar-refractivity contribution in [3.05, 3.63) is 18.6 Å². The Hall–Kier alpha value is -1.25. The van der Waals surface area contributed by atoms with Gasteiger partial charge in [0.25, 0.3) is 0 Å². The lowest BCUT2D eigenvalue weighted by Gasteiger charge is -2.37. The van der Waals surface area contributed by atoms with Gasteiger partial charge in [-0.05, 0) is 0 Å². The van der Waals surface area contributed by atoms with Gasteiger partial charge in [-0.1, -0.05) is 0 Å². The number of morpholine rings is 1. The maximum Gasteiger partial charge on any atom is 0.211 e. The SMILES string of the molecule is CS(=O)(=O)N1C[C@@H]2OCCN(c3cnccn3)[C@H]2C1. The number of rotatable bonds is 2. The van der Waals surface area contributed by atoms with Gasteiger partial charge in [-0.3, -0.25) is 4.98 Å². The van der Waals surface area contributed by atoms with Gasteiger partial charge < -0.3 is 9.64 Å². The van der Waals surface area contributed by atoms with E-state index in [0.29, 0.717) is 26.2 Å². The fourth-order valence-corrected chi connectivity index (χ4v) is 3.49. The molecule has 2 atom stereocenters. The monoisotopic (exact) mass is 284 g/mol. The van der Waals surface area contributed by atoms with Gasteiger partial charge in [0.15, 0.2) is 0 Å². The summed E-state index contributed by atoms with van der Waals surface area (Å²) in [5.41, 5.74) is 0. The number of anilines is 1. The molecule has 104 valence electrons. The molecule has 19 heavy (non-hydrogen) atoms. The van der Waals surface area contributed by atoms with Crippen LogP contribution >= 0.6 is 0 Å². The summed E-state index contributed by atoms with van der Waals surface area (Å²) >= 11 is 0. The van der Waals surface area contributed by atoms with Crippen LogP contribution in [0, 0.1) is 0 Å². The average Bonchev–Trinajstić information content (AvgIpc) is 2.83. The van der Waals surface area contributed by atoms with Gasteiger partial charge in [0, 0.05) is 32.0 Å². The fraction of sp³-hybridized carbons (Fsp3) is 0.636. The Labute approximate surface area is 112 Å². The highest BCUT2D eigenvalue weighted by Gasteiger charge is 2.43. The lowest BCUT2D eigenvalue weighted by atomic mass is 10.1. The fourth-order valence-electron chi connectivity index (χ4n) is 2.65. The van der Waals surface area contributed by atoms with Crippen molar-refractivity contribution in [1.29, 1.82) is 0 Å². The van der Waals surface area contributed by atoms with Crippen molar-refractivity contribution in [2.24, 2.45) is 0 Å². The maximum absolute atomic E-state index is 11.6. The third-order valence-corrected chi connectivity index (χ3v) is 4.82. The smallest absolute Gasteiger partial charge is 0.211 e. The third kappa shape index (κ3) is 2.43. The second-order valence-corrected chi connectivity index (χ2v) is 6.80. The van der Waals surface area contributed by atoms with E-state index in [9.17, 15) is 8.42 Å². The highest BCUT2D eigenvalue weighted by atomic mass is 32.2. The predicted molar refractivity (Wildman–Crippen MR) is 69.3 cm³/mol. The van der Waals surface area contributed by atoms with E-state index in [-0.39, 0.29) is 12.1 Å². The molecule has 2 fully saturated rings. The third-order valence-electron chi connectivity index (χ3n) is 3.58. The number of hydrogen-bond acceptors (Lipinski definition) is 6. The summed E-state index contributed by atoms with van der Waals surface area (Å²) in [5.74, 6) is 0.774. The summed E-state index contributed by atoms with van der Waals surface area (Å²) in [4.78, 5) is 10.4. The van der Waals surface area contributed by atoms with Gasteiger partial charge in [-0.25, -0.2) is 13.4 Å². The zero-order chi connectivity index (χ0) is 13.5. The minimum absolute atomic E-state index is 0.0141. The molecule has 0 amide bonds. The Kier molecular flexibility index (Phi) is 3.15. The van der Waals surface area contributed by atoms with E-state index < -0.39 is 10.0 Å². The molecule has 2 saturated heterocycles. The van der Waals surface area contributed by atoms with Crippen molar-refractivity contribution >= 4 is 15.8 Å². The molecule has 2 aliphatic rings. The van der Waals surface area contributed by atoms with Crippen molar-refractivity contribution in [2.75, 3.05) is 37.4 Å². The molecule has 3 heterocycles. The quantitative estimate of drug-likeness (QED) is 0.716. The molecular weight excluding hydrogens is 268 g/mol. The van der Waals surface area contributed by atoms with E-state index in [1.807, 2.05) is 0 Å². The Morgan fingerprint density at radius 2 is 2.21 bits per heavy atom. The van der Waals surface area contributed by atoms with E-state index in [0.717, 1.165) is 5.82 Å². The van der Waals surface area contributed by atoms with Crippen LogP contribution in [-0.4, -0.2) is 67.3 Å². The lowest BCUT2D eigenvalue weighted by molar-refractivity contribution is 0.0328. The van der Waals surface area contributed by atoms with Crippen LogP contribution in [0.3, 0.4) is 0 Å². The first-order valence-electron chi connectivity index (χ1n) is 6.15. The molecule has 0 N–H and O–H groups in total. The zero-order valence-electron chi connectivity index (χ0n) is 10.6. The van der Waals surface area contributed by atoms with E-state index in [1.165, 1.54) is 10.6 Å². The van der Waals surface area contributed by atoms with Crippen LogP contribution in [0.25, 0.3) is 0 Å². The Morgan fingerprint density at radius 1 is 1.37 bits per heavy atom. The van der Waals surface area contributed by atoms with Crippen LogP contribution in [0.2, 0.25) is 0 Å². The number of aromatic nitrogens is 2. The van der Waals surface area contributed by atoms with Crippen LogP contribution in [0.4, 0.5) is 5.82 Å². The molecule has 0 saturated carbocycles. The topological polar surface area (TPSA) is 75.6 Å². The summed E-state index contributed by atoms with van der Waals surface area (Å²) in [5, 5.41) is 0. The van der Waals surface area contributed by atoms with Crippen LogP contribution in [0.15, 0.2) is 18.6 Å². The van der Waals surface area contributed by atoms with Gasteiger partial charge >= 0.3 is 0 Å². The summed E-state index contributed by atoms with van der Waals surface area (Å²) in [6, 6.07) is 0.0141. The van der Waals surface area contributed by atoms with Crippen molar-refractivity contribution in [3.63, 3.8) is 0 Å². The van der Waals surface area contributed by atoms with Crippen molar-refractivity contribution in [1.82, 2.24) is 14.3 Å². The molecule has 2 aliphatic heterocycles. The largest absolute Gasteiger partial charge is 0.373 e. The summed E-state index contributed by atoms with van der Waals surface area (Å²) in [6.45, 7) is 2.15. The van der Waals surface area contributed by atoms with Gasteiger partial charge in [0.05, 0.1) is 31.2 Å². The summed E-state index contributed by atoms with van der Waals surface area (Å²) < 4.78 is 30.4. The van der Waals surface area contributed by atoms with Gasteiger partial charge in [-0.2, -0.15) is 4.31 Å². The molecule has 3 rings (SSSR count). The van der Waals surface area contributed by atoms with Gasteiger partial charge in [0.1, 0.15) is 5.82 Å². The lowest BCUT2D eigenvalue weighted by Crippen LogP contribution is -2.51. The number of ether oxygens (including phenoxy) is 1. The number of nitrogens with zero attached hydrogens (tertiary/aromatic N) is 4. The van der Waals surface area contributed by atoms with E-state index in [2.05, 4.69) is 14.9 Å². The van der Waals surface area contributed by atoms with E-state index >= 15 is 0 Å². The van der Waals surface area contributed by atoms with Crippen molar-refractivity contribution in [3.8, 4) is 0 Å². The molecular formula is C11H16N4O3S. The molecule has 7 nitrogen and oxygen atoms in total. The van der Waals surface area contributed by atoms with Crippen LogP contribution in [-0.2, 0) is 14.8 Å². The van der Waals surface area contributed by atoms with E-state index in [4.69, 9.17) is 4.74 Å². The summed E-state index contributed by atoms with van der Waals surface area (Å²) in [7, 11) is -3.18. The first kappa shape index (κ1) is 12.8. The first-order valence-corrected chi connectivity index (χ1v) is 8.00. The Balaban J connectivity index is 1.85. The van der Waals surface area contributed by atoms with Crippen LogP contribution in [0.5, 0.6) is 0 Å². The molecule has 8 heteroatoms. The van der Waals surface area contributed by atoms with E-state index in [1.54, 1.807) is 18.6 Å². The standard InChI is InChI=1S/C11H16N4O3S/c1-19(16,17)14-7-9-10(8-14)18-5-4-15(9)11-6-12-2-3-13-11/h2-3,6,9-10H,4-5,7-8H2,1H3/t9-,10-/m0/s1. The van der Waals surface area contributed by atoms with Crippen LogP contribution in [0.1, 0.15) is 0 Å².